The van der Waals surface area contributed by atoms with Crippen LogP contribution in [-0.2, 0) is 24.3 Å². The molecule has 1 amide bonds. The number of methoxy groups -OCH3 is 1. The van der Waals surface area contributed by atoms with Gasteiger partial charge in [0.2, 0.25) is 5.91 Å². The summed E-state index contributed by atoms with van der Waals surface area (Å²) < 4.78 is 13.9. The Morgan fingerprint density at radius 2 is 2.00 bits per heavy atom. The second-order valence-corrected chi connectivity index (χ2v) is 9.33. The van der Waals surface area contributed by atoms with Gasteiger partial charge in [-0.25, -0.2) is 0 Å². The van der Waals surface area contributed by atoms with Crippen LogP contribution in [0.5, 0.6) is 11.5 Å². The van der Waals surface area contributed by atoms with E-state index in [1.807, 2.05) is 6.07 Å². The lowest BCUT2D eigenvalue weighted by atomic mass is 10.0. The fourth-order valence-electron chi connectivity index (χ4n) is 4.49. The summed E-state index contributed by atoms with van der Waals surface area (Å²) in [6.45, 7) is 7.62. The van der Waals surface area contributed by atoms with Crippen LogP contribution in [0.3, 0.4) is 0 Å². The van der Waals surface area contributed by atoms with E-state index in [9.17, 15) is 4.79 Å². The molecule has 176 valence electrons. The van der Waals surface area contributed by atoms with Gasteiger partial charge in [0, 0.05) is 68.9 Å². The average molecular weight is 450 g/mol. The molecule has 0 saturated carbocycles. The molecule has 33 heavy (non-hydrogen) atoms. The summed E-state index contributed by atoms with van der Waals surface area (Å²) in [4.78, 5) is 16.1. The zero-order chi connectivity index (χ0) is 23.5. The van der Waals surface area contributed by atoms with Crippen LogP contribution in [0, 0.1) is 0 Å². The SMILES string of the molecule is COc1ccc2c(c1)c(CN1CCOc3ccc(CCC(=O)N(C)C)cc3C1)cn2C(C)C. The molecule has 2 heterocycles. The predicted molar refractivity (Wildman–Crippen MR) is 132 cm³/mol. The second kappa shape index (κ2) is 9.87. The van der Waals surface area contributed by atoms with E-state index in [-0.39, 0.29) is 5.91 Å². The predicted octanol–water partition coefficient (Wildman–Crippen LogP) is 4.65. The van der Waals surface area contributed by atoms with E-state index >= 15 is 0 Å². The maximum atomic E-state index is 12.0. The zero-order valence-corrected chi connectivity index (χ0v) is 20.4. The quantitative estimate of drug-likeness (QED) is 0.527. The molecule has 0 radical (unpaired) electrons. The Morgan fingerprint density at radius 3 is 2.73 bits per heavy atom. The van der Waals surface area contributed by atoms with Crippen LogP contribution >= 0.6 is 0 Å². The van der Waals surface area contributed by atoms with Gasteiger partial charge in [-0.05, 0) is 55.7 Å². The largest absolute Gasteiger partial charge is 0.497 e. The first-order valence-electron chi connectivity index (χ1n) is 11.7. The van der Waals surface area contributed by atoms with Crippen molar-refractivity contribution >= 4 is 16.8 Å². The number of nitrogens with zero attached hydrogens (tertiary/aromatic N) is 3. The first kappa shape index (κ1) is 23.2. The van der Waals surface area contributed by atoms with Gasteiger partial charge in [-0.2, -0.15) is 0 Å². The topological polar surface area (TPSA) is 46.9 Å². The van der Waals surface area contributed by atoms with Gasteiger partial charge < -0.3 is 18.9 Å². The minimum Gasteiger partial charge on any atom is -0.497 e. The summed E-state index contributed by atoms with van der Waals surface area (Å²) in [6, 6.07) is 13.1. The van der Waals surface area contributed by atoms with E-state index in [0.29, 0.717) is 19.1 Å². The number of hydrogen-bond acceptors (Lipinski definition) is 4. The highest BCUT2D eigenvalue weighted by atomic mass is 16.5. The lowest BCUT2D eigenvalue weighted by molar-refractivity contribution is -0.128. The third-order valence-corrected chi connectivity index (χ3v) is 6.38. The Labute approximate surface area is 196 Å². The zero-order valence-electron chi connectivity index (χ0n) is 20.4. The fraction of sp³-hybridized carbons (Fsp3) is 0.444. The Bertz CT molecular complexity index is 1130. The van der Waals surface area contributed by atoms with E-state index in [1.165, 1.54) is 27.6 Å². The van der Waals surface area contributed by atoms with Crippen molar-refractivity contribution in [1.29, 1.82) is 0 Å². The first-order valence-corrected chi connectivity index (χ1v) is 11.7. The number of aryl methyl sites for hydroxylation is 1. The molecule has 2 aromatic carbocycles. The molecule has 0 bridgehead atoms. The minimum absolute atomic E-state index is 0.153. The number of carbonyl (C=O) groups is 1. The molecule has 0 aliphatic carbocycles. The third-order valence-electron chi connectivity index (χ3n) is 6.38. The number of benzene rings is 2. The Hall–Kier alpha value is -2.99. The first-order chi connectivity index (χ1) is 15.9. The number of ether oxygens (including phenoxy) is 2. The molecule has 0 unspecified atom stereocenters. The Morgan fingerprint density at radius 1 is 1.18 bits per heavy atom. The van der Waals surface area contributed by atoms with Gasteiger partial charge in [0.1, 0.15) is 18.1 Å². The van der Waals surface area contributed by atoms with Gasteiger partial charge in [0.05, 0.1) is 7.11 Å². The highest BCUT2D eigenvalue weighted by Gasteiger charge is 2.19. The van der Waals surface area contributed by atoms with Gasteiger partial charge in [-0.15, -0.1) is 0 Å². The molecular formula is C27H35N3O3. The highest BCUT2D eigenvalue weighted by Crippen LogP contribution is 2.31. The molecule has 1 aromatic heterocycles. The summed E-state index contributed by atoms with van der Waals surface area (Å²) >= 11 is 0. The molecule has 0 saturated heterocycles. The van der Waals surface area contributed by atoms with Gasteiger partial charge in [0.25, 0.3) is 0 Å². The van der Waals surface area contributed by atoms with Crippen LogP contribution in [0.1, 0.15) is 43.0 Å². The van der Waals surface area contributed by atoms with Gasteiger partial charge in [-0.3, -0.25) is 9.69 Å². The lowest BCUT2D eigenvalue weighted by Crippen LogP contribution is -2.25. The molecule has 6 heteroatoms. The van der Waals surface area contributed by atoms with E-state index in [1.54, 1.807) is 26.1 Å². The van der Waals surface area contributed by atoms with Crippen molar-refractivity contribution in [3.05, 3.63) is 59.3 Å². The van der Waals surface area contributed by atoms with E-state index in [4.69, 9.17) is 9.47 Å². The number of carbonyl (C=O) groups excluding carboxylic acids is 1. The summed E-state index contributed by atoms with van der Waals surface area (Å²) in [6.07, 6.45) is 3.55. The van der Waals surface area contributed by atoms with Crippen LogP contribution in [0.4, 0.5) is 0 Å². The van der Waals surface area contributed by atoms with Crippen LogP contribution in [-0.4, -0.2) is 54.6 Å². The van der Waals surface area contributed by atoms with Crippen molar-refractivity contribution < 1.29 is 14.3 Å². The van der Waals surface area contributed by atoms with Crippen LogP contribution in [0.15, 0.2) is 42.6 Å². The lowest BCUT2D eigenvalue weighted by Gasteiger charge is -2.19. The molecule has 0 spiro atoms. The van der Waals surface area contributed by atoms with Crippen molar-refractivity contribution in [3.8, 4) is 11.5 Å². The molecule has 3 aromatic rings. The van der Waals surface area contributed by atoms with Crippen molar-refractivity contribution in [2.75, 3.05) is 34.4 Å². The molecule has 0 fully saturated rings. The van der Waals surface area contributed by atoms with Crippen molar-refractivity contribution in [3.63, 3.8) is 0 Å². The fourth-order valence-corrected chi connectivity index (χ4v) is 4.49. The Balaban J connectivity index is 1.56. The number of rotatable bonds is 7. The minimum atomic E-state index is 0.153. The van der Waals surface area contributed by atoms with Gasteiger partial charge in [-0.1, -0.05) is 12.1 Å². The van der Waals surface area contributed by atoms with E-state index in [0.717, 1.165) is 37.6 Å². The van der Waals surface area contributed by atoms with E-state index < -0.39 is 0 Å². The highest BCUT2D eigenvalue weighted by molar-refractivity contribution is 5.85. The van der Waals surface area contributed by atoms with Gasteiger partial charge >= 0.3 is 0 Å². The standard InChI is InChI=1S/C27H35N3O3/c1-19(2)30-18-22(24-15-23(32-5)8-9-25(24)30)17-29-12-13-33-26-10-6-20(14-21(26)16-29)7-11-27(31)28(3)4/h6,8-10,14-15,18-19H,7,11-13,16-17H2,1-5H3. The van der Waals surface area contributed by atoms with Crippen LogP contribution in [0.2, 0.25) is 0 Å². The van der Waals surface area contributed by atoms with E-state index in [2.05, 4.69) is 59.8 Å². The summed E-state index contributed by atoms with van der Waals surface area (Å²) in [5.41, 5.74) is 4.90. The summed E-state index contributed by atoms with van der Waals surface area (Å²) in [5, 5.41) is 1.24. The molecule has 1 aliphatic heterocycles. The third kappa shape index (κ3) is 5.17. The van der Waals surface area contributed by atoms with Crippen molar-refractivity contribution in [2.45, 2.75) is 45.8 Å². The number of amides is 1. The molecule has 6 nitrogen and oxygen atoms in total. The van der Waals surface area contributed by atoms with Crippen molar-refractivity contribution in [1.82, 2.24) is 14.4 Å². The molecule has 0 atom stereocenters. The summed E-state index contributed by atoms with van der Waals surface area (Å²) in [5.74, 6) is 1.98. The smallest absolute Gasteiger partial charge is 0.222 e. The molecule has 4 rings (SSSR count). The molecular weight excluding hydrogens is 414 g/mol. The second-order valence-electron chi connectivity index (χ2n) is 9.33. The maximum Gasteiger partial charge on any atom is 0.222 e. The van der Waals surface area contributed by atoms with Crippen LogP contribution in [0.25, 0.3) is 10.9 Å². The maximum absolute atomic E-state index is 12.0. The Kier molecular flexibility index (Phi) is 6.94. The van der Waals surface area contributed by atoms with Crippen molar-refractivity contribution in [2.24, 2.45) is 0 Å². The van der Waals surface area contributed by atoms with Gasteiger partial charge in [0.15, 0.2) is 0 Å². The molecule has 0 N–H and O–H groups in total. The van der Waals surface area contributed by atoms with Crippen LogP contribution < -0.4 is 9.47 Å². The summed E-state index contributed by atoms with van der Waals surface area (Å²) in [7, 11) is 5.32. The monoisotopic (exact) mass is 449 g/mol. The number of aromatic nitrogens is 1. The molecule has 1 aliphatic rings. The number of hydrogen-bond donors (Lipinski definition) is 0. The average Bonchev–Trinajstić information content (AvgIpc) is 3.03. The number of fused-ring (bicyclic) bond motifs is 2. The normalized spacial score (nSPS) is 14.1.